The normalized spacial score (nSPS) is 10.7. The molecule has 0 spiro atoms. The van der Waals surface area contributed by atoms with E-state index in [1.165, 1.54) is 18.2 Å². The predicted molar refractivity (Wildman–Crippen MR) is 124 cm³/mol. The lowest BCUT2D eigenvalue weighted by Crippen LogP contribution is -2.09. The number of methoxy groups -OCH3 is 1. The van der Waals surface area contributed by atoms with Gasteiger partial charge in [0.25, 0.3) is 5.69 Å². The van der Waals surface area contributed by atoms with E-state index in [9.17, 15) is 14.9 Å². The van der Waals surface area contributed by atoms with Crippen molar-refractivity contribution in [2.24, 2.45) is 0 Å². The van der Waals surface area contributed by atoms with Crippen LogP contribution in [0.4, 0.5) is 11.4 Å². The number of nitro benzene ring substituents is 1. The summed E-state index contributed by atoms with van der Waals surface area (Å²) in [5.41, 5.74) is 3.68. The quantitative estimate of drug-likeness (QED) is 0.290. The summed E-state index contributed by atoms with van der Waals surface area (Å²) in [6, 6.07) is 17.9. The van der Waals surface area contributed by atoms with E-state index >= 15 is 0 Å². The van der Waals surface area contributed by atoms with Gasteiger partial charge in [0.15, 0.2) is 11.5 Å². The number of nitro groups is 1. The van der Waals surface area contributed by atoms with Crippen molar-refractivity contribution in [2.75, 3.05) is 12.4 Å². The van der Waals surface area contributed by atoms with Gasteiger partial charge in [-0.05, 0) is 60.4 Å². The van der Waals surface area contributed by atoms with Crippen LogP contribution in [0.15, 0.2) is 66.7 Å². The fourth-order valence-corrected chi connectivity index (χ4v) is 3.08. The molecule has 0 saturated carbocycles. The average molecular weight is 432 g/mol. The summed E-state index contributed by atoms with van der Waals surface area (Å²) in [4.78, 5) is 23.0. The van der Waals surface area contributed by atoms with E-state index in [1.54, 1.807) is 44.4 Å². The summed E-state index contributed by atoms with van der Waals surface area (Å²) in [6.45, 7) is 4.19. The van der Waals surface area contributed by atoms with Crippen LogP contribution in [0.5, 0.6) is 11.5 Å². The van der Waals surface area contributed by atoms with Gasteiger partial charge in [-0.2, -0.15) is 0 Å². The highest BCUT2D eigenvalue weighted by Gasteiger charge is 2.15. The fraction of sp³-hybridized carbons (Fsp3) is 0.160. The average Bonchev–Trinajstić information content (AvgIpc) is 2.78. The zero-order valence-corrected chi connectivity index (χ0v) is 18.1. The molecular formula is C25H24N2O5. The highest BCUT2D eigenvalue weighted by atomic mass is 16.6. The van der Waals surface area contributed by atoms with Crippen molar-refractivity contribution in [1.82, 2.24) is 0 Å². The number of aryl methyl sites for hydroxylation is 2. The van der Waals surface area contributed by atoms with Gasteiger partial charge in [0.1, 0.15) is 12.3 Å². The smallest absolute Gasteiger partial charge is 0.293 e. The molecule has 1 amide bonds. The summed E-state index contributed by atoms with van der Waals surface area (Å²) in [5.74, 6) is 0.652. The lowest BCUT2D eigenvalue weighted by Gasteiger charge is -2.12. The molecule has 3 aromatic carbocycles. The minimum atomic E-state index is -0.521. The van der Waals surface area contributed by atoms with Crippen molar-refractivity contribution in [3.63, 3.8) is 0 Å². The first kappa shape index (κ1) is 22.6. The molecule has 3 rings (SSSR count). The van der Waals surface area contributed by atoms with E-state index in [-0.39, 0.29) is 11.4 Å². The van der Waals surface area contributed by atoms with Gasteiger partial charge in [-0.25, -0.2) is 0 Å². The van der Waals surface area contributed by atoms with E-state index in [0.29, 0.717) is 18.1 Å². The van der Waals surface area contributed by atoms with Gasteiger partial charge >= 0.3 is 0 Å². The van der Waals surface area contributed by atoms with Crippen molar-refractivity contribution in [2.45, 2.75) is 20.5 Å². The highest BCUT2D eigenvalue weighted by molar-refractivity contribution is 6.03. The Balaban J connectivity index is 1.69. The Kier molecular flexibility index (Phi) is 7.23. The summed E-state index contributed by atoms with van der Waals surface area (Å²) >= 11 is 0. The molecule has 164 valence electrons. The van der Waals surface area contributed by atoms with E-state index in [1.807, 2.05) is 31.2 Å². The Hall–Kier alpha value is -4.13. The lowest BCUT2D eigenvalue weighted by atomic mass is 10.1. The summed E-state index contributed by atoms with van der Waals surface area (Å²) in [6.07, 6.45) is 2.91. The maximum Gasteiger partial charge on any atom is 0.293 e. The van der Waals surface area contributed by atoms with Crippen LogP contribution in [0.1, 0.15) is 22.3 Å². The number of hydrogen-bond acceptors (Lipinski definition) is 5. The van der Waals surface area contributed by atoms with E-state index in [0.717, 1.165) is 22.3 Å². The first-order chi connectivity index (χ1) is 15.4. The Labute approximate surface area is 186 Å². The zero-order valence-electron chi connectivity index (χ0n) is 18.1. The number of carbonyl (C=O) groups is 1. The number of anilines is 1. The number of carbonyl (C=O) groups excluding carboxylic acids is 1. The van der Waals surface area contributed by atoms with Gasteiger partial charge in [0.05, 0.1) is 12.0 Å². The first-order valence-electron chi connectivity index (χ1n) is 9.97. The Morgan fingerprint density at radius 3 is 2.56 bits per heavy atom. The number of hydrogen-bond donors (Lipinski definition) is 1. The molecule has 0 radical (unpaired) electrons. The van der Waals surface area contributed by atoms with Crippen LogP contribution in [0.3, 0.4) is 0 Å². The molecule has 32 heavy (non-hydrogen) atoms. The van der Waals surface area contributed by atoms with Gasteiger partial charge in [0, 0.05) is 12.1 Å². The van der Waals surface area contributed by atoms with Gasteiger partial charge < -0.3 is 14.8 Å². The Morgan fingerprint density at radius 2 is 1.84 bits per heavy atom. The van der Waals surface area contributed by atoms with E-state index < -0.39 is 10.8 Å². The number of rotatable bonds is 8. The Morgan fingerprint density at radius 1 is 1.06 bits per heavy atom. The van der Waals surface area contributed by atoms with Crippen molar-refractivity contribution in [3.05, 3.63) is 99.1 Å². The number of benzene rings is 3. The SMILES string of the molecule is COc1cc(/C=C/C(=O)Nc2ccc(C)cc2[N+](=O)[O-])ccc1OCc1ccccc1C. The molecule has 3 aromatic rings. The molecule has 0 aliphatic carbocycles. The van der Waals surface area contributed by atoms with Crippen molar-refractivity contribution in [3.8, 4) is 11.5 Å². The largest absolute Gasteiger partial charge is 0.493 e. The zero-order chi connectivity index (χ0) is 23.1. The molecule has 0 aromatic heterocycles. The van der Waals surface area contributed by atoms with Crippen LogP contribution < -0.4 is 14.8 Å². The number of amides is 1. The Bertz CT molecular complexity index is 1170. The van der Waals surface area contributed by atoms with Gasteiger partial charge in [-0.15, -0.1) is 0 Å². The predicted octanol–water partition coefficient (Wildman–Crippen LogP) is 5.45. The van der Waals surface area contributed by atoms with E-state index in [4.69, 9.17) is 9.47 Å². The highest BCUT2D eigenvalue weighted by Crippen LogP contribution is 2.30. The standard InChI is InChI=1S/C25H24N2O5/c1-17-8-11-21(22(14-17)27(29)30)26-25(28)13-10-19-9-12-23(24(15-19)31-3)32-16-20-7-5-4-6-18(20)2/h4-15H,16H2,1-3H3,(H,26,28)/b13-10+. The maximum absolute atomic E-state index is 12.3. The van der Waals surface area contributed by atoms with Crippen LogP contribution in [-0.2, 0) is 11.4 Å². The molecule has 0 heterocycles. The summed E-state index contributed by atoms with van der Waals surface area (Å²) in [5, 5.41) is 13.8. The molecule has 0 saturated heterocycles. The third-order valence-corrected chi connectivity index (χ3v) is 4.87. The van der Waals surface area contributed by atoms with Crippen molar-refractivity contribution >= 4 is 23.4 Å². The van der Waals surface area contributed by atoms with Gasteiger partial charge in [0.2, 0.25) is 5.91 Å². The molecular weight excluding hydrogens is 408 g/mol. The first-order valence-corrected chi connectivity index (χ1v) is 9.97. The molecule has 0 aliphatic rings. The fourth-order valence-electron chi connectivity index (χ4n) is 3.08. The molecule has 7 heteroatoms. The van der Waals surface area contributed by atoms with Crippen LogP contribution >= 0.6 is 0 Å². The second kappa shape index (κ2) is 10.3. The third-order valence-electron chi connectivity index (χ3n) is 4.87. The van der Waals surface area contributed by atoms with Crippen LogP contribution in [-0.4, -0.2) is 17.9 Å². The van der Waals surface area contributed by atoms with Gasteiger partial charge in [-0.3, -0.25) is 14.9 Å². The van der Waals surface area contributed by atoms with Crippen LogP contribution in [0.25, 0.3) is 6.08 Å². The molecule has 0 bridgehead atoms. The third kappa shape index (κ3) is 5.72. The van der Waals surface area contributed by atoms with Crippen LogP contribution in [0, 0.1) is 24.0 Å². The molecule has 1 N–H and O–H groups in total. The molecule has 0 unspecified atom stereocenters. The van der Waals surface area contributed by atoms with Crippen molar-refractivity contribution < 1.29 is 19.2 Å². The number of ether oxygens (including phenoxy) is 2. The summed E-state index contributed by atoms with van der Waals surface area (Å²) in [7, 11) is 1.55. The minimum absolute atomic E-state index is 0.146. The maximum atomic E-state index is 12.3. The monoisotopic (exact) mass is 432 g/mol. The second-order valence-electron chi connectivity index (χ2n) is 7.23. The molecule has 0 aliphatic heterocycles. The van der Waals surface area contributed by atoms with Gasteiger partial charge in [-0.1, -0.05) is 36.4 Å². The second-order valence-corrected chi connectivity index (χ2v) is 7.23. The minimum Gasteiger partial charge on any atom is -0.493 e. The molecule has 0 atom stereocenters. The van der Waals surface area contributed by atoms with Crippen LogP contribution in [0.2, 0.25) is 0 Å². The lowest BCUT2D eigenvalue weighted by molar-refractivity contribution is -0.384. The van der Waals surface area contributed by atoms with E-state index in [2.05, 4.69) is 5.32 Å². The topological polar surface area (TPSA) is 90.7 Å². The van der Waals surface area contributed by atoms with Crippen molar-refractivity contribution in [1.29, 1.82) is 0 Å². The molecule has 0 fully saturated rings. The summed E-state index contributed by atoms with van der Waals surface area (Å²) < 4.78 is 11.3. The number of nitrogens with zero attached hydrogens (tertiary/aromatic N) is 1. The molecule has 7 nitrogen and oxygen atoms in total. The number of nitrogens with one attached hydrogen (secondary N) is 1.